The Bertz CT molecular complexity index is 141. The molecule has 0 fully saturated rings. The quantitative estimate of drug-likeness (QED) is 0.372. The molecule has 6 nitrogen and oxygen atoms in total. The lowest BCUT2D eigenvalue weighted by atomic mass is 10.3. The van der Waals surface area contributed by atoms with E-state index in [1.807, 2.05) is 0 Å². The number of carbonyl (C=O) groups is 1. The van der Waals surface area contributed by atoms with Crippen LogP contribution in [0.4, 0.5) is 4.79 Å². The minimum atomic E-state index is -2.26. The number of hydrogen-bond acceptors (Lipinski definition) is 6. The second kappa shape index (κ2) is 4.91. The third-order valence-electron chi connectivity index (χ3n) is 1.03. The van der Waals surface area contributed by atoms with Crippen molar-refractivity contribution in [1.29, 1.82) is 0 Å². The summed E-state index contributed by atoms with van der Waals surface area (Å²) in [6.45, 7) is -0.130. The molecule has 3 N–H and O–H groups in total. The van der Waals surface area contributed by atoms with Crippen molar-refractivity contribution in [1.82, 2.24) is 0 Å². The van der Waals surface area contributed by atoms with Crippen LogP contribution in [-0.2, 0) is 9.47 Å². The highest BCUT2D eigenvalue weighted by molar-refractivity contribution is 5.60. The molecule has 12 heavy (non-hydrogen) atoms. The van der Waals surface area contributed by atoms with E-state index in [0.717, 1.165) is 0 Å². The van der Waals surface area contributed by atoms with Crippen LogP contribution in [0, 0.1) is 0 Å². The van der Waals surface area contributed by atoms with Crippen molar-refractivity contribution in [2.24, 2.45) is 0 Å². The summed E-state index contributed by atoms with van der Waals surface area (Å²) in [5.74, 6) is -2.26. The predicted molar refractivity (Wildman–Crippen MR) is 37.2 cm³/mol. The first kappa shape index (κ1) is 11.2. The molecule has 0 saturated heterocycles. The van der Waals surface area contributed by atoms with Crippen LogP contribution in [0.15, 0.2) is 0 Å². The maximum atomic E-state index is 10.5. The summed E-state index contributed by atoms with van der Waals surface area (Å²) in [6.07, 6.45) is -1.14. The zero-order valence-electron chi connectivity index (χ0n) is 6.69. The topological polar surface area (TPSA) is 96.2 Å². The third-order valence-corrected chi connectivity index (χ3v) is 1.03. The third kappa shape index (κ3) is 3.51. The Morgan fingerprint density at radius 1 is 1.42 bits per heavy atom. The summed E-state index contributed by atoms with van der Waals surface area (Å²) < 4.78 is 8.47. The molecule has 0 aliphatic carbocycles. The lowest BCUT2D eigenvalue weighted by Gasteiger charge is -2.22. The van der Waals surface area contributed by atoms with E-state index in [9.17, 15) is 4.79 Å². The monoisotopic (exact) mass is 180 g/mol. The average molecular weight is 180 g/mol. The largest absolute Gasteiger partial charge is 0.510 e. The number of aliphatic hydroxyl groups excluding tert-OH is 2. The molecule has 0 atom stereocenters. The molecule has 0 heterocycles. The summed E-state index contributed by atoms with van der Waals surface area (Å²) >= 11 is 0. The van der Waals surface area contributed by atoms with Crippen LogP contribution in [0.2, 0.25) is 0 Å². The zero-order chi connectivity index (χ0) is 9.61. The van der Waals surface area contributed by atoms with Gasteiger partial charge in [-0.1, -0.05) is 0 Å². The number of carbonyl (C=O) groups excluding carboxylic acids is 1. The highest BCUT2D eigenvalue weighted by Gasteiger charge is 2.30. The molecule has 0 aromatic rings. The Hall–Kier alpha value is -0.850. The van der Waals surface area contributed by atoms with Gasteiger partial charge in [-0.05, 0) is 6.92 Å². The standard InChI is InChI=1S/C6H12O6/c1-2-11-5(9)12-6(10,3-7)4-8/h7-8,10H,2-4H2,1H3. The van der Waals surface area contributed by atoms with Crippen LogP contribution in [0.3, 0.4) is 0 Å². The highest BCUT2D eigenvalue weighted by Crippen LogP contribution is 2.05. The van der Waals surface area contributed by atoms with Crippen molar-refractivity contribution < 1.29 is 29.6 Å². The van der Waals surface area contributed by atoms with E-state index in [2.05, 4.69) is 9.47 Å². The summed E-state index contributed by atoms with van der Waals surface area (Å²) in [7, 11) is 0. The second-order valence-electron chi connectivity index (χ2n) is 2.05. The molecule has 0 bridgehead atoms. The molecule has 0 radical (unpaired) electrons. The van der Waals surface area contributed by atoms with E-state index in [1.165, 1.54) is 0 Å². The van der Waals surface area contributed by atoms with Gasteiger partial charge in [0.25, 0.3) is 5.79 Å². The highest BCUT2D eigenvalue weighted by atomic mass is 16.8. The Labute approximate surface area is 69.3 Å². The molecule has 0 amide bonds. The minimum Gasteiger partial charge on any atom is -0.435 e. The predicted octanol–water partition coefficient (Wildman–Crippen LogP) is -1.17. The molecular weight excluding hydrogens is 168 g/mol. The maximum Gasteiger partial charge on any atom is 0.510 e. The maximum absolute atomic E-state index is 10.5. The van der Waals surface area contributed by atoms with Crippen LogP contribution in [0.1, 0.15) is 6.92 Å². The van der Waals surface area contributed by atoms with Gasteiger partial charge >= 0.3 is 6.16 Å². The van der Waals surface area contributed by atoms with Gasteiger partial charge in [0.2, 0.25) is 0 Å². The van der Waals surface area contributed by atoms with E-state index >= 15 is 0 Å². The first-order valence-corrected chi connectivity index (χ1v) is 3.38. The summed E-state index contributed by atoms with van der Waals surface area (Å²) in [4.78, 5) is 10.5. The van der Waals surface area contributed by atoms with Gasteiger partial charge in [0.15, 0.2) is 0 Å². The van der Waals surface area contributed by atoms with Crippen LogP contribution < -0.4 is 0 Å². The summed E-state index contributed by atoms with van der Waals surface area (Å²) in [5.41, 5.74) is 0. The Kier molecular flexibility index (Phi) is 4.57. The van der Waals surface area contributed by atoms with Gasteiger partial charge in [0.1, 0.15) is 13.2 Å². The fraction of sp³-hybridized carbons (Fsp3) is 0.833. The molecule has 72 valence electrons. The van der Waals surface area contributed by atoms with Crippen molar-refractivity contribution in [3.8, 4) is 0 Å². The van der Waals surface area contributed by atoms with Crippen molar-refractivity contribution >= 4 is 6.16 Å². The van der Waals surface area contributed by atoms with Crippen LogP contribution in [-0.4, -0.2) is 47.1 Å². The lowest BCUT2D eigenvalue weighted by molar-refractivity contribution is -0.218. The van der Waals surface area contributed by atoms with E-state index in [1.54, 1.807) is 6.92 Å². The fourth-order valence-corrected chi connectivity index (χ4v) is 0.417. The normalized spacial score (nSPS) is 11.0. The molecule has 0 spiro atoms. The molecular formula is C6H12O6. The van der Waals surface area contributed by atoms with Crippen molar-refractivity contribution in [2.45, 2.75) is 12.7 Å². The van der Waals surface area contributed by atoms with Gasteiger partial charge in [-0.25, -0.2) is 4.79 Å². The van der Waals surface area contributed by atoms with Crippen LogP contribution in [0.5, 0.6) is 0 Å². The molecule has 0 aromatic heterocycles. The van der Waals surface area contributed by atoms with Gasteiger partial charge in [-0.3, -0.25) is 0 Å². The first-order valence-electron chi connectivity index (χ1n) is 3.38. The minimum absolute atomic E-state index is 0.0891. The number of ether oxygens (including phenoxy) is 2. The van der Waals surface area contributed by atoms with Crippen LogP contribution >= 0.6 is 0 Å². The van der Waals surface area contributed by atoms with Crippen LogP contribution in [0.25, 0.3) is 0 Å². The molecule has 0 unspecified atom stereocenters. The van der Waals surface area contributed by atoms with E-state index in [4.69, 9.17) is 15.3 Å². The Morgan fingerprint density at radius 2 is 1.92 bits per heavy atom. The van der Waals surface area contributed by atoms with Gasteiger partial charge < -0.3 is 24.8 Å². The van der Waals surface area contributed by atoms with Crippen molar-refractivity contribution in [3.63, 3.8) is 0 Å². The molecule has 0 saturated carbocycles. The van der Waals surface area contributed by atoms with Crippen molar-refractivity contribution in [2.75, 3.05) is 19.8 Å². The fourth-order valence-electron chi connectivity index (χ4n) is 0.417. The molecule has 0 aliphatic heterocycles. The number of aliphatic hydroxyl groups is 3. The summed E-state index contributed by atoms with van der Waals surface area (Å²) in [6, 6.07) is 0. The van der Waals surface area contributed by atoms with Crippen molar-refractivity contribution in [3.05, 3.63) is 0 Å². The smallest absolute Gasteiger partial charge is 0.435 e. The SMILES string of the molecule is CCOC(=O)OC(O)(CO)CO. The van der Waals surface area contributed by atoms with E-state index in [0.29, 0.717) is 0 Å². The van der Waals surface area contributed by atoms with Gasteiger partial charge in [-0.2, -0.15) is 0 Å². The number of rotatable bonds is 4. The summed E-state index contributed by atoms with van der Waals surface area (Å²) in [5, 5.41) is 25.9. The molecule has 6 heteroatoms. The van der Waals surface area contributed by atoms with E-state index in [-0.39, 0.29) is 6.61 Å². The van der Waals surface area contributed by atoms with Gasteiger partial charge in [0.05, 0.1) is 6.61 Å². The second-order valence-corrected chi connectivity index (χ2v) is 2.05. The number of hydrogen-bond donors (Lipinski definition) is 3. The van der Waals surface area contributed by atoms with E-state index < -0.39 is 25.2 Å². The Balaban J connectivity index is 3.93. The molecule has 0 rings (SSSR count). The first-order chi connectivity index (χ1) is 5.58. The average Bonchev–Trinajstić information content (AvgIpc) is 2.05. The van der Waals surface area contributed by atoms with Gasteiger partial charge in [-0.15, -0.1) is 0 Å². The molecule has 0 aromatic carbocycles. The lowest BCUT2D eigenvalue weighted by Crippen LogP contribution is -2.42. The molecule has 0 aliphatic rings. The Morgan fingerprint density at radius 3 is 2.25 bits per heavy atom. The zero-order valence-corrected chi connectivity index (χ0v) is 6.69. The van der Waals surface area contributed by atoms with Gasteiger partial charge in [0, 0.05) is 0 Å².